The third kappa shape index (κ3) is 4.13. The second-order valence-corrected chi connectivity index (χ2v) is 5.52. The summed E-state index contributed by atoms with van der Waals surface area (Å²) in [6.45, 7) is 0. The molecule has 110 valence electrons. The first-order chi connectivity index (χ1) is 9.99. The van der Waals surface area contributed by atoms with Gasteiger partial charge in [0.1, 0.15) is 5.75 Å². The van der Waals surface area contributed by atoms with Crippen molar-refractivity contribution in [3.8, 4) is 5.75 Å². The molecule has 0 heterocycles. The summed E-state index contributed by atoms with van der Waals surface area (Å²) in [6, 6.07) is 12.2. The minimum atomic E-state index is -0.920. The number of rotatable bonds is 5. The van der Waals surface area contributed by atoms with Crippen LogP contribution in [0.3, 0.4) is 0 Å². The van der Waals surface area contributed by atoms with Crippen LogP contribution in [-0.2, 0) is 11.2 Å². The predicted octanol–water partition coefficient (Wildman–Crippen LogP) is 4.41. The fourth-order valence-electron chi connectivity index (χ4n) is 2.16. The van der Waals surface area contributed by atoms with E-state index in [9.17, 15) is 9.90 Å². The van der Waals surface area contributed by atoms with Gasteiger partial charge in [-0.15, -0.1) is 0 Å². The molecule has 3 nitrogen and oxygen atoms in total. The second kappa shape index (κ2) is 6.83. The molecule has 21 heavy (non-hydrogen) atoms. The second-order valence-electron chi connectivity index (χ2n) is 4.65. The van der Waals surface area contributed by atoms with Crippen molar-refractivity contribution < 1.29 is 14.6 Å². The molecular formula is C16H14Cl2O3. The largest absolute Gasteiger partial charge is 0.497 e. The van der Waals surface area contributed by atoms with Gasteiger partial charge in [0.15, 0.2) is 0 Å². The van der Waals surface area contributed by atoms with Crippen LogP contribution < -0.4 is 4.74 Å². The van der Waals surface area contributed by atoms with Crippen molar-refractivity contribution in [2.75, 3.05) is 7.11 Å². The Morgan fingerprint density at radius 2 is 1.86 bits per heavy atom. The predicted molar refractivity (Wildman–Crippen MR) is 83.5 cm³/mol. The Bertz CT molecular complexity index is 635. The van der Waals surface area contributed by atoms with Gasteiger partial charge in [0, 0.05) is 10.0 Å². The first-order valence-electron chi connectivity index (χ1n) is 6.31. The summed E-state index contributed by atoms with van der Waals surface area (Å²) >= 11 is 11.9. The van der Waals surface area contributed by atoms with E-state index >= 15 is 0 Å². The van der Waals surface area contributed by atoms with Gasteiger partial charge in [-0.1, -0.05) is 35.3 Å². The number of carboxylic acid groups (broad SMARTS) is 1. The van der Waals surface area contributed by atoms with Crippen molar-refractivity contribution in [1.29, 1.82) is 0 Å². The van der Waals surface area contributed by atoms with E-state index in [0.29, 0.717) is 27.8 Å². The van der Waals surface area contributed by atoms with Crippen molar-refractivity contribution in [2.45, 2.75) is 12.3 Å². The van der Waals surface area contributed by atoms with Crippen molar-refractivity contribution >= 4 is 29.2 Å². The van der Waals surface area contributed by atoms with Crippen molar-refractivity contribution in [2.24, 2.45) is 0 Å². The summed E-state index contributed by atoms with van der Waals surface area (Å²) in [4.78, 5) is 11.6. The Hall–Kier alpha value is -1.71. The highest BCUT2D eigenvalue weighted by atomic mass is 35.5. The number of carbonyl (C=O) groups is 1. The van der Waals surface area contributed by atoms with Crippen molar-refractivity contribution in [3.05, 3.63) is 63.6 Å². The van der Waals surface area contributed by atoms with Gasteiger partial charge in [-0.3, -0.25) is 4.79 Å². The van der Waals surface area contributed by atoms with E-state index in [1.165, 1.54) is 0 Å². The van der Waals surface area contributed by atoms with E-state index in [0.717, 1.165) is 5.56 Å². The summed E-state index contributed by atoms with van der Waals surface area (Å²) in [5.41, 5.74) is 1.46. The van der Waals surface area contributed by atoms with Crippen LogP contribution in [0.1, 0.15) is 17.0 Å². The summed E-state index contributed by atoms with van der Waals surface area (Å²) in [7, 11) is 1.57. The lowest BCUT2D eigenvalue weighted by atomic mass is 9.92. The lowest BCUT2D eigenvalue weighted by Gasteiger charge is -2.14. The Morgan fingerprint density at radius 1 is 1.19 bits per heavy atom. The molecule has 2 aromatic rings. The molecule has 0 fully saturated rings. The number of ether oxygens (including phenoxy) is 1. The van der Waals surface area contributed by atoms with E-state index in [4.69, 9.17) is 27.9 Å². The normalized spacial score (nSPS) is 12.0. The lowest BCUT2D eigenvalue weighted by Crippen LogP contribution is -2.14. The van der Waals surface area contributed by atoms with Gasteiger partial charge in [-0.2, -0.15) is 0 Å². The highest BCUT2D eigenvalue weighted by molar-refractivity contribution is 6.34. The maximum atomic E-state index is 11.6. The Labute approximate surface area is 133 Å². The smallest absolute Gasteiger partial charge is 0.311 e. The molecule has 0 bridgehead atoms. The van der Waals surface area contributed by atoms with Gasteiger partial charge in [0.05, 0.1) is 13.0 Å². The zero-order chi connectivity index (χ0) is 15.4. The lowest BCUT2D eigenvalue weighted by molar-refractivity contribution is -0.138. The number of methoxy groups -OCH3 is 1. The van der Waals surface area contributed by atoms with E-state index < -0.39 is 11.9 Å². The molecule has 0 aliphatic heterocycles. The first-order valence-corrected chi connectivity index (χ1v) is 7.07. The molecule has 0 spiro atoms. The molecule has 1 atom stereocenters. The molecule has 0 aliphatic carbocycles. The maximum Gasteiger partial charge on any atom is 0.311 e. The number of benzene rings is 2. The number of hydrogen-bond donors (Lipinski definition) is 1. The van der Waals surface area contributed by atoms with Crippen LogP contribution in [0.2, 0.25) is 10.0 Å². The van der Waals surface area contributed by atoms with Crippen molar-refractivity contribution in [3.63, 3.8) is 0 Å². The maximum absolute atomic E-state index is 11.6. The summed E-state index contributed by atoms with van der Waals surface area (Å²) in [5, 5.41) is 10.3. The summed E-state index contributed by atoms with van der Waals surface area (Å²) < 4.78 is 5.15. The molecule has 5 heteroatoms. The highest BCUT2D eigenvalue weighted by Gasteiger charge is 2.21. The minimum Gasteiger partial charge on any atom is -0.497 e. The zero-order valence-electron chi connectivity index (χ0n) is 11.3. The first kappa shape index (κ1) is 15.7. The van der Waals surface area contributed by atoms with Gasteiger partial charge < -0.3 is 9.84 Å². The number of hydrogen-bond acceptors (Lipinski definition) is 2. The molecule has 0 saturated heterocycles. The third-order valence-corrected chi connectivity index (χ3v) is 3.60. The van der Waals surface area contributed by atoms with E-state index in [-0.39, 0.29) is 0 Å². The van der Waals surface area contributed by atoms with Crippen molar-refractivity contribution in [1.82, 2.24) is 0 Å². The number of aliphatic carboxylic acids is 1. The summed E-state index contributed by atoms with van der Waals surface area (Å²) in [5.74, 6) is -0.940. The quantitative estimate of drug-likeness (QED) is 0.885. The SMILES string of the molecule is COc1cccc(CC(C(=O)O)c2cc(Cl)cc(Cl)c2)c1. The molecule has 0 saturated carbocycles. The van der Waals surface area contributed by atoms with Crippen LogP contribution in [0.15, 0.2) is 42.5 Å². The van der Waals surface area contributed by atoms with Crippen LogP contribution >= 0.6 is 23.2 Å². The van der Waals surface area contributed by atoms with Gasteiger partial charge in [0.25, 0.3) is 0 Å². The topological polar surface area (TPSA) is 46.5 Å². The average molecular weight is 325 g/mol. The molecule has 0 amide bonds. The molecule has 1 unspecified atom stereocenters. The fraction of sp³-hybridized carbons (Fsp3) is 0.188. The Balaban J connectivity index is 2.32. The van der Waals surface area contributed by atoms with E-state index in [2.05, 4.69) is 0 Å². The van der Waals surface area contributed by atoms with Gasteiger partial charge in [-0.05, 0) is 47.9 Å². The van der Waals surface area contributed by atoms with Crippen LogP contribution in [0.5, 0.6) is 5.75 Å². The Morgan fingerprint density at radius 3 is 2.43 bits per heavy atom. The van der Waals surface area contributed by atoms with E-state index in [1.54, 1.807) is 25.3 Å². The van der Waals surface area contributed by atoms with Gasteiger partial charge >= 0.3 is 5.97 Å². The minimum absolute atomic E-state index is 0.337. The average Bonchev–Trinajstić information content (AvgIpc) is 2.43. The standard InChI is InChI=1S/C16H14Cl2O3/c1-21-14-4-2-3-10(5-14)6-15(16(19)20)11-7-12(17)9-13(18)8-11/h2-5,7-9,15H,6H2,1H3,(H,19,20). The summed E-state index contributed by atoms with van der Waals surface area (Å²) in [6.07, 6.45) is 0.337. The monoisotopic (exact) mass is 324 g/mol. The number of carboxylic acids is 1. The Kier molecular flexibility index (Phi) is 5.10. The molecule has 2 aromatic carbocycles. The van der Waals surface area contributed by atoms with Crippen LogP contribution in [0, 0.1) is 0 Å². The van der Waals surface area contributed by atoms with Crippen LogP contribution in [0.4, 0.5) is 0 Å². The van der Waals surface area contributed by atoms with E-state index in [1.807, 2.05) is 24.3 Å². The molecule has 0 aromatic heterocycles. The number of halogens is 2. The molecule has 2 rings (SSSR count). The fourth-order valence-corrected chi connectivity index (χ4v) is 2.70. The molecule has 0 radical (unpaired) electrons. The molecule has 1 N–H and O–H groups in total. The van der Waals surface area contributed by atoms with Gasteiger partial charge in [-0.25, -0.2) is 0 Å². The van der Waals surface area contributed by atoms with Crippen LogP contribution in [-0.4, -0.2) is 18.2 Å². The third-order valence-electron chi connectivity index (χ3n) is 3.16. The molecule has 0 aliphatic rings. The van der Waals surface area contributed by atoms with Gasteiger partial charge in [0.2, 0.25) is 0 Å². The zero-order valence-corrected chi connectivity index (χ0v) is 12.9. The highest BCUT2D eigenvalue weighted by Crippen LogP contribution is 2.28. The van der Waals surface area contributed by atoms with Crippen LogP contribution in [0.25, 0.3) is 0 Å². The molecular weight excluding hydrogens is 311 g/mol.